The quantitative estimate of drug-likeness (QED) is 0.420. The fraction of sp³-hybridized carbons (Fsp3) is 0.444. The Labute approximate surface area is 191 Å². The highest BCUT2D eigenvalue weighted by Gasteiger charge is 2.29. The average molecular weight is 434 g/mol. The number of ether oxygens (including phenoxy) is 1. The first kappa shape index (κ1) is 22.4. The van der Waals surface area contributed by atoms with Crippen LogP contribution in [0.2, 0.25) is 0 Å². The highest BCUT2D eigenvalue weighted by molar-refractivity contribution is 6.12. The molecule has 1 fully saturated rings. The van der Waals surface area contributed by atoms with Crippen molar-refractivity contribution in [2.75, 3.05) is 25.5 Å². The molecule has 2 heterocycles. The van der Waals surface area contributed by atoms with Gasteiger partial charge in [0.15, 0.2) is 5.78 Å². The number of piperidine rings is 1. The third-order valence-electron chi connectivity index (χ3n) is 6.60. The third-order valence-corrected chi connectivity index (χ3v) is 6.60. The number of ketones is 1. The standard InChI is InChI=1S/C27H35N3O2/c1-5-16-32-25-9-7-6-8-21(25)26(31)20-10-11-24-22(17-20)23(18-30(24)28)19-12-14-29(15-13-19)27(2,3)4/h6-11,17-19H,5,12-16,28H2,1-4H3. The fourth-order valence-electron chi connectivity index (χ4n) is 4.76. The first-order valence-corrected chi connectivity index (χ1v) is 11.7. The summed E-state index contributed by atoms with van der Waals surface area (Å²) in [5.41, 5.74) is 3.68. The Hall–Kier alpha value is -2.79. The molecular formula is C27H35N3O2. The molecule has 32 heavy (non-hydrogen) atoms. The topological polar surface area (TPSA) is 60.5 Å². The predicted octanol–water partition coefficient (Wildman–Crippen LogP) is 5.35. The monoisotopic (exact) mass is 433 g/mol. The van der Waals surface area contributed by atoms with Crippen LogP contribution in [0.3, 0.4) is 0 Å². The normalized spacial score (nSPS) is 15.9. The molecule has 1 aliphatic heterocycles. The Balaban J connectivity index is 1.65. The number of fused-ring (bicyclic) bond motifs is 1. The van der Waals surface area contributed by atoms with Crippen molar-refractivity contribution in [1.29, 1.82) is 0 Å². The summed E-state index contributed by atoms with van der Waals surface area (Å²) in [5.74, 6) is 7.38. The van der Waals surface area contributed by atoms with E-state index in [1.807, 2.05) is 42.5 Å². The van der Waals surface area contributed by atoms with Crippen LogP contribution in [0.25, 0.3) is 10.9 Å². The van der Waals surface area contributed by atoms with E-state index in [2.05, 4.69) is 38.8 Å². The van der Waals surface area contributed by atoms with Gasteiger partial charge in [-0.15, -0.1) is 0 Å². The van der Waals surface area contributed by atoms with E-state index in [0.717, 1.165) is 43.3 Å². The summed E-state index contributed by atoms with van der Waals surface area (Å²) in [5, 5.41) is 1.08. The van der Waals surface area contributed by atoms with Gasteiger partial charge in [0, 0.05) is 22.7 Å². The molecule has 0 radical (unpaired) electrons. The largest absolute Gasteiger partial charge is 0.493 e. The second-order valence-corrected chi connectivity index (χ2v) is 9.83. The number of rotatable bonds is 6. The molecule has 0 saturated carbocycles. The summed E-state index contributed by atoms with van der Waals surface area (Å²) < 4.78 is 7.53. The minimum Gasteiger partial charge on any atom is -0.493 e. The summed E-state index contributed by atoms with van der Waals surface area (Å²) >= 11 is 0. The van der Waals surface area contributed by atoms with Gasteiger partial charge in [0.05, 0.1) is 17.7 Å². The van der Waals surface area contributed by atoms with Crippen molar-refractivity contribution in [3.8, 4) is 5.75 Å². The van der Waals surface area contributed by atoms with Gasteiger partial charge < -0.3 is 10.6 Å². The lowest BCUT2D eigenvalue weighted by Gasteiger charge is -2.40. The molecule has 4 rings (SSSR count). The SMILES string of the molecule is CCCOc1ccccc1C(=O)c1ccc2c(c1)c(C1CCN(C(C)(C)C)CC1)cn2N. The van der Waals surface area contributed by atoms with Crippen molar-refractivity contribution >= 4 is 16.7 Å². The molecule has 170 valence electrons. The Kier molecular flexibility index (Phi) is 6.29. The van der Waals surface area contributed by atoms with Crippen LogP contribution >= 0.6 is 0 Å². The van der Waals surface area contributed by atoms with Gasteiger partial charge in [-0.25, -0.2) is 0 Å². The minimum absolute atomic E-state index is 0.0168. The maximum absolute atomic E-state index is 13.4. The van der Waals surface area contributed by atoms with E-state index in [1.165, 1.54) is 5.56 Å². The van der Waals surface area contributed by atoms with Crippen molar-refractivity contribution in [2.45, 2.75) is 58.4 Å². The maximum Gasteiger partial charge on any atom is 0.196 e. The van der Waals surface area contributed by atoms with Crippen LogP contribution in [0.4, 0.5) is 0 Å². The van der Waals surface area contributed by atoms with E-state index in [-0.39, 0.29) is 11.3 Å². The van der Waals surface area contributed by atoms with Crippen LogP contribution in [0.15, 0.2) is 48.7 Å². The number of carbonyl (C=O) groups is 1. The summed E-state index contributed by atoms with van der Waals surface area (Å²) in [7, 11) is 0. The number of para-hydroxylation sites is 1. The van der Waals surface area contributed by atoms with Gasteiger partial charge in [-0.3, -0.25) is 14.4 Å². The van der Waals surface area contributed by atoms with Crippen LogP contribution in [0.1, 0.15) is 74.4 Å². The molecule has 0 atom stereocenters. The number of likely N-dealkylation sites (tertiary alicyclic amines) is 1. The Morgan fingerprint density at radius 3 is 2.53 bits per heavy atom. The van der Waals surface area contributed by atoms with Crippen LogP contribution in [-0.2, 0) is 0 Å². The number of nitrogens with zero attached hydrogens (tertiary/aromatic N) is 2. The number of aromatic nitrogens is 1. The van der Waals surface area contributed by atoms with Gasteiger partial charge in [0.25, 0.3) is 0 Å². The number of nitrogens with two attached hydrogens (primary N) is 1. The molecule has 1 aliphatic rings. The van der Waals surface area contributed by atoms with E-state index >= 15 is 0 Å². The molecule has 0 amide bonds. The highest BCUT2D eigenvalue weighted by atomic mass is 16.5. The molecule has 0 unspecified atom stereocenters. The molecule has 5 heteroatoms. The molecule has 1 saturated heterocycles. The zero-order valence-corrected chi connectivity index (χ0v) is 19.7. The number of hydrogen-bond acceptors (Lipinski definition) is 4. The summed E-state index contributed by atoms with van der Waals surface area (Å²) in [6, 6.07) is 13.4. The van der Waals surface area contributed by atoms with E-state index < -0.39 is 0 Å². The second-order valence-electron chi connectivity index (χ2n) is 9.83. The fourth-order valence-corrected chi connectivity index (χ4v) is 4.76. The smallest absolute Gasteiger partial charge is 0.196 e. The number of benzene rings is 2. The van der Waals surface area contributed by atoms with Gasteiger partial charge in [-0.05, 0) is 94.9 Å². The summed E-state index contributed by atoms with van der Waals surface area (Å²) in [6.45, 7) is 11.6. The molecule has 0 aliphatic carbocycles. The second kappa shape index (κ2) is 8.99. The summed E-state index contributed by atoms with van der Waals surface area (Å²) in [6.07, 6.45) is 5.15. The highest BCUT2D eigenvalue weighted by Crippen LogP contribution is 2.36. The van der Waals surface area contributed by atoms with Crippen molar-refractivity contribution in [2.24, 2.45) is 0 Å². The zero-order valence-electron chi connectivity index (χ0n) is 19.7. The van der Waals surface area contributed by atoms with Gasteiger partial charge in [-0.2, -0.15) is 0 Å². The molecule has 5 nitrogen and oxygen atoms in total. The summed E-state index contributed by atoms with van der Waals surface area (Å²) in [4.78, 5) is 15.9. The molecule has 1 aromatic heterocycles. The van der Waals surface area contributed by atoms with Gasteiger partial charge in [0.1, 0.15) is 5.75 Å². The predicted molar refractivity (Wildman–Crippen MR) is 131 cm³/mol. The average Bonchev–Trinajstić information content (AvgIpc) is 3.12. The Morgan fingerprint density at radius 1 is 1.12 bits per heavy atom. The van der Waals surface area contributed by atoms with E-state index in [0.29, 0.717) is 29.4 Å². The Bertz CT molecular complexity index is 1100. The lowest BCUT2D eigenvalue weighted by atomic mass is 9.87. The molecule has 0 spiro atoms. The van der Waals surface area contributed by atoms with Crippen molar-refractivity contribution in [3.05, 3.63) is 65.4 Å². The molecule has 0 bridgehead atoms. The third kappa shape index (κ3) is 4.40. The van der Waals surface area contributed by atoms with E-state index in [1.54, 1.807) is 4.68 Å². The Morgan fingerprint density at radius 2 is 1.84 bits per heavy atom. The van der Waals surface area contributed by atoms with Crippen molar-refractivity contribution in [3.63, 3.8) is 0 Å². The first-order chi connectivity index (χ1) is 15.3. The zero-order chi connectivity index (χ0) is 22.9. The molecule has 3 aromatic rings. The van der Waals surface area contributed by atoms with Crippen LogP contribution in [-0.4, -0.2) is 40.6 Å². The number of nitrogen functional groups attached to an aromatic ring is 1. The number of hydrogen-bond donors (Lipinski definition) is 1. The van der Waals surface area contributed by atoms with Gasteiger partial charge >= 0.3 is 0 Å². The molecule has 2 N–H and O–H groups in total. The minimum atomic E-state index is -0.0168. The van der Waals surface area contributed by atoms with Crippen LogP contribution < -0.4 is 10.6 Å². The maximum atomic E-state index is 13.4. The van der Waals surface area contributed by atoms with E-state index in [9.17, 15) is 4.79 Å². The number of carbonyl (C=O) groups excluding carboxylic acids is 1. The van der Waals surface area contributed by atoms with E-state index in [4.69, 9.17) is 10.6 Å². The molecular weight excluding hydrogens is 398 g/mol. The lowest BCUT2D eigenvalue weighted by molar-refractivity contribution is 0.102. The lowest BCUT2D eigenvalue weighted by Crippen LogP contribution is -2.45. The molecule has 2 aromatic carbocycles. The van der Waals surface area contributed by atoms with Gasteiger partial charge in [0.2, 0.25) is 0 Å². The van der Waals surface area contributed by atoms with Crippen LogP contribution in [0.5, 0.6) is 5.75 Å². The van der Waals surface area contributed by atoms with Crippen LogP contribution in [0, 0.1) is 0 Å². The van der Waals surface area contributed by atoms with Gasteiger partial charge in [-0.1, -0.05) is 19.1 Å². The first-order valence-electron chi connectivity index (χ1n) is 11.7. The van der Waals surface area contributed by atoms with Crippen molar-refractivity contribution < 1.29 is 9.53 Å². The van der Waals surface area contributed by atoms with Crippen molar-refractivity contribution in [1.82, 2.24) is 9.58 Å².